The quantitative estimate of drug-likeness (QED) is 0.627. The summed E-state index contributed by atoms with van der Waals surface area (Å²) in [5.41, 5.74) is 1.22. The molecule has 5 rings (SSSR count). The number of nitrogens with one attached hydrogen (secondary N) is 2. The standard InChI is InChI=1S/C18H19F2N7O3/c1-9(10-8-29-12-3-2-4-28-16(10)12)27-17-11(6-22-27)21-7-14(24-17)23-13-5-15(26-25-13)30-18(19)20/h3,5-7,9-10,16,18H,2,4,8H2,1H3,(H2,23,24,25,26)/t9-,10+,16?/m1/s1. The number of H-pyrrole nitrogens is 1. The summed E-state index contributed by atoms with van der Waals surface area (Å²) in [5.74, 6) is 1.50. The van der Waals surface area contributed by atoms with Gasteiger partial charge in [0.1, 0.15) is 17.4 Å². The van der Waals surface area contributed by atoms with Crippen molar-refractivity contribution in [2.45, 2.75) is 32.1 Å². The van der Waals surface area contributed by atoms with Gasteiger partial charge in [-0.1, -0.05) is 0 Å². The zero-order valence-electron chi connectivity index (χ0n) is 16.0. The van der Waals surface area contributed by atoms with Crippen LogP contribution >= 0.6 is 0 Å². The van der Waals surface area contributed by atoms with E-state index in [1.54, 1.807) is 10.9 Å². The Hall–Kier alpha value is -3.28. The first-order chi connectivity index (χ1) is 14.6. The van der Waals surface area contributed by atoms with E-state index in [0.29, 0.717) is 30.2 Å². The predicted octanol–water partition coefficient (Wildman–Crippen LogP) is 2.77. The molecule has 2 aliphatic heterocycles. The Balaban J connectivity index is 1.38. The number of alkyl halides is 2. The van der Waals surface area contributed by atoms with E-state index in [4.69, 9.17) is 9.47 Å². The molecule has 30 heavy (non-hydrogen) atoms. The zero-order chi connectivity index (χ0) is 20.7. The number of ether oxygens (including phenoxy) is 3. The number of hydrogen-bond acceptors (Lipinski definition) is 8. The molecule has 3 atom stereocenters. The Morgan fingerprint density at radius 1 is 1.33 bits per heavy atom. The van der Waals surface area contributed by atoms with Crippen molar-refractivity contribution in [3.63, 3.8) is 0 Å². The molecule has 1 fully saturated rings. The predicted molar refractivity (Wildman–Crippen MR) is 100 cm³/mol. The number of aromatic nitrogens is 6. The van der Waals surface area contributed by atoms with Crippen LogP contribution in [0.2, 0.25) is 0 Å². The van der Waals surface area contributed by atoms with Crippen molar-refractivity contribution in [1.82, 2.24) is 29.9 Å². The number of aromatic amines is 1. The van der Waals surface area contributed by atoms with E-state index in [9.17, 15) is 8.78 Å². The Kier molecular flexibility index (Phi) is 4.69. The van der Waals surface area contributed by atoms with Crippen LogP contribution in [0.15, 0.2) is 30.3 Å². The lowest BCUT2D eigenvalue weighted by Crippen LogP contribution is -2.31. The second kappa shape index (κ2) is 7.52. The summed E-state index contributed by atoms with van der Waals surface area (Å²) >= 11 is 0. The van der Waals surface area contributed by atoms with Crippen molar-refractivity contribution in [1.29, 1.82) is 0 Å². The molecule has 0 saturated carbocycles. The Bertz CT molecular complexity index is 1080. The van der Waals surface area contributed by atoms with E-state index < -0.39 is 6.61 Å². The Labute approximate surface area is 169 Å². The number of hydrogen-bond donors (Lipinski definition) is 2. The van der Waals surface area contributed by atoms with Crippen LogP contribution in [-0.2, 0) is 9.47 Å². The van der Waals surface area contributed by atoms with E-state index >= 15 is 0 Å². The van der Waals surface area contributed by atoms with Crippen LogP contribution in [-0.4, -0.2) is 55.9 Å². The van der Waals surface area contributed by atoms with Crippen LogP contribution in [0, 0.1) is 5.92 Å². The molecule has 0 spiro atoms. The molecule has 3 aromatic heterocycles. The molecule has 10 nitrogen and oxygen atoms in total. The SMILES string of the molecule is C[C@H]([C@@H]1COC2=CCCOC21)n1ncc2ncc(Nc3cc(OC(F)F)[nH]n3)nc21. The first kappa shape index (κ1) is 18.7. The molecule has 0 bridgehead atoms. The highest BCUT2D eigenvalue weighted by Crippen LogP contribution is 2.37. The fourth-order valence-electron chi connectivity index (χ4n) is 3.76. The van der Waals surface area contributed by atoms with Gasteiger partial charge in [0.05, 0.1) is 31.6 Å². The molecule has 5 heterocycles. The Morgan fingerprint density at radius 2 is 2.23 bits per heavy atom. The lowest BCUT2D eigenvalue weighted by atomic mass is 9.95. The van der Waals surface area contributed by atoms with Crippen molar-refractivity contribution in [2.75, 3.05) is 18.5 Å². The van der Waals surface area contributed by atoms with Crippen molar-refractivity contribution < 1.29 is 23.0 Å². The van der Waals surface area contributed by atoms with Crippen molar-refractivity contribution >= 4 is 22.8 Å². The van der Waals surface area contributed by atoms with Crippen molar-refractivity contribution in [3.8, 4) is 5.88 Å². The van der Waals surface area contributed by atoms with Gasteiger partial charge in [0, 0.05) is 12.0 Å². The minimum absolute atomic E-state index is 0.0440. The van der Waals surface area contributed by atoms with Gasteiger partial charge in [0.2, 0.25) is 5.88 Å². The summed E-state index contributed by atoms with van der Waals surface area (Å²) in [6.07, 6.45) is 6.03. The van der Waals surface area contributed by atoms with Gasteiger partial charge in [0.25, 0.3) is 0 Å². The maximum atomic E-state index is 12.3. The zero-order valence-corrected chi connectivity index (χ0v) is 16.0. The average Bonchev–Trinajstić information content (AvgIpc) is 3.45. The first-order valence-electron chi connectivity index (χ1n) is 9.50. The first-order valence-corrected chi connectivity index (χ1v) is 9.50. The molecule has 2 aliphatic rings. The molecule has 3 aromatic rings. The van der Waals surface area contributed by atoms with Gasteiger partial charge in [-0.3, -0.25) is 0 Å². The second-order valence-corrected chi connectivity index (χ2v) is 7.08. The van der Waals surface area contributed by atoms with Gasteiger partial charge in [-0.05, 0) is 19.4 Å². The summed E-state index contributed by atoms with van der Waals surface area (Å²) < 4.78 is 42.4. The highest BCUT2D eigenvalue weighted by molar-refractivity contribution is 5.72. The van der Waals surface area contributed by atoms with Crippen LogP contribution < -0.4 is 10.1 Å². The van der Waals surface area contributed by atoms with E-state index in [1.165, 1.54) is 12.3 Å². The third-order valence-corrected chi connectivity index (χ3v) is 5.21. The van der Waals surface area contributed by atoms with Crippen molar-refractivity contribution in [2.24, 2.45) is 5.92 Å². The number of nitrogens with zero attached hydrogens (tertiary/aromatic N) is 5. The molecule has 0 aliphatic carbocycles. The lowest BCUT2D eigenvalue weighted by Gasteiger charge is -2.25. The van der Waals surface area contributed by atoms with Crippen LogP contribution in [0.3, 0.4) is 0 Å². The topological polar surface area (TPSA) is 112 Å². The number of rotatable bonds is 6. The van der Waals surface area contributed by atoms with Gasteiger partial charge in [-0.25, -0.2) is 19.7 Å². The van der Waals surface area contributed by atoms with E-state index in [-0.39, 0.29) is 29.8 Å². The average molecular weight is 419 g/mol. The molecular weight excluding hydrogens is 400 g/mol. The second-order valence-electron chi connectivity index (χ2n) is 7.08. The molecule has 2 N–H and O–H groups in total. The smallest absolute Gasteiger partial charge is 0.388 e. The van der Waals surface area contributed by atoms with Crippen LogP contribution in [0.1, 0.15) is 19.4 Å². The number of halogens is 2. The minimum Gasteiger partial charge on any atom is -0.495 e. The summed E-state index contributed by atoms with van der Waals surface area (Å²) in [6, 6.07) is 1.26. The number of anilines is 2. The number of fused-ring (bicyclic) bond motifs is 2. The van der Waals surface area contributed by atoms with Gasteiger partial charge in [-0.2, -0.15) is 19.0 Å². The summed E-state index contributed by atoms with van der Waals surface area (Å²) in [6.45, 7) is 0.332. The van der Waals surface area contributed by atoms with Crippen LogP contribution in [0.25, 0.3) is 11.2 Å². The van der Waals surface area contributed by atoms with Crippen LogP contribution in [0.5, 0.6) is 5.88 Å². The van der Waals surface area contributed by atoms with E-state index in [0.717, 1.165) is 12.2 Å². The molecule has 158 valence electrons. The van der Waals surface area contributed by atoms with Gasteiger partial charge < -0.3 is 19.5 Å². The monoisotopic (exact) mass is 419 g/mol. The highest BCUT2D eigenvalue weighted by Gasteiger charge is 2.40. The molecule has 0 amide bonds. The molecule has 12 heteroatoms. The van der Waals surface area contributed by atoms with E-state index in [1.807, 2.05) is 6.92 Å². The molecule has 0 radical (unpaired) electrons. The van der Waals surface area contributed by atoms with Gasteiger partial charge in [0.15, 0.2) is 17.3 Å². The minimum atomic E-state index is -2.94. The fourth-order valence-corrected chi connectivity index (χ4v) is 3.76. The van der Waals surface area contributed by atoms with Crippen LogP contribution in [0.4, 0.5) is 20.4 Å². The summed E-state index contributed by atoms with van der Waals surface area (Å²) in [5, 5.41) is 13.6. The molecule has 1 saturated heterocycles. The summed E-state index contributed by atoms with van der Waals surface area (Å²) in [4.78, 5) is 8.96. The van der Waals surface area contributed by atoms with E-state index in [2.05, 4.69) is 41.4 Å². The van der Waals surface area contributed by atoms with Gasteiger partial charge in [-0.15, -0.1) is 0 Å². The largest absolute Gasteiger partial charge is 0.495 e. The molecular formula is C18H19F2N7O3. The third-order valence-electron chi connectivity index (χ3n) is 5.21. The highest BCUT2D eigenvalue weighted by atomic mass is 19.3. The molecule has 1 unspecified atom stereocenters. The Morgan fingerprint density at radius 3 is 3.10 bits per heavy atom. The molecule has 0 aromatic carbocycles. The fraction of sp³-hybridized carbons (Fsp3) is 0.444. The maximum absolute atomic E-state index is 12.3. The van der Waals surface area contributed by atoms with Crippen molar-refractivity contribution in [3.05, 3.63) is 30.3 Å². The summed E-state index contributed by atoms with van der Waals surface area (Å²) in [7, 11) is 0. The van der Waals surface area contributed by atoms with Gasteiger partial charge >= 0.3 is 6.61 Å². The lowest BCUT2D eigenvalue weighted by molar-refractivity contribution is -0.0528. The third kappa shape index (κ3) is 3.43. The maximum Gasteiger partial charge on any atom is 0.388 e. The normalized spacial score (nSPS) is 21.9.